The van der Waals surface area contributed by atoms with Gasteiger partial charge in [-0.2, -0.15) is 0 Å². The molecule has 168 valence electrons. The van der Waals surface area contributed by atoms with Crippen LogP contribution in [0.5, 0.6) is 0 Å². The lowest BCUT2D eigenvalue weighted by atomic mass is 10.1. The fourth-order valence-electron chi connectivity index (χ4n) is 3.69. The third kappa shape index (κ3) is 5.12. The van der Waals surface area contributed by atoms with Crippen LogP contribution < -0.4 is 10.2 Å². The standard InChI is InChI=1S/C24H21ClN4O4/c25-21-16-19(26-23(30)17-6-9-20(10-7-17)29(32)33)8-11-22(21)27-12-14-28(15-13-27)24(31)18-4-2-1-3-5-18/h1-11,16H,12-15H2,(H,26,30). The summed E-state index contributed by atoms with van der Waals surface area (Å²) in [6.07, 6.45) is 0. The maximum Gasteiger partial charge on any atom is 0.269 e. The molecule has 1 saturated heterocycles. The van der Waals surface area contributed by atoms with Crippen molar-refractivity contribution >= 4 is 40.5 Å². The highest BCUT2D eigenvalue weighted by Gasteiger charge is 2.23. The SMILES string of the molecule is O=C(Nc1ccc(N2CCN(C(=O)c3ccccc3)CC2)c(Cl)c1)c1ccc([N+](=O)[O-])cc1. The molecule has 0 atom stereocenters. The normalized spacial score (nSPS) is 13.5. The summed E-state index contributed by atoms with van der Waals surface area (Å²) in [5, 5.41) is 14.0. The summed E-state index contributed by atoms with van der Waals surface area (Å²) in [5.74, 6) is -0.368. The first-order chi connectivity index (χ1) is 15.9. The Labute approximate surface area is 195 Å². The lowest BCUT2D eigenvalue weighted by Gasteiger charge is -2.36. The van der Waals surface area contributed by atoms with Crippen LogP contribution in [-0.2, 0) is 0 Å². The second-order valence-corrected chi connectivity index (χ2v) is 7.98. The molecule has 1 N–H and O–H groups in total. The Morgan fingerprint density at radius 1 is 0.879 bits per heavy atom. The molecule has 8 nitrogen and oxygen atoms in total. The quantitative estimate of drug-likeness (QED) is 0.444. The number of anilines is 2. The number of nitro benzene ring substituents is 1. The molecule has 4 rings (SSSR count). The van der Waals surface area contributed by atoms with Crippen LogP contribution in [0.4, 0.5) is 17.1 Å². The molecule has 0 aromatic heterocycles. The van der Waals surface area contributed by atoms with Crippen LogP contribution in [0.3, 0.4) is 0 Å². The van der Waals surface area contributed by atoms with E-state index in [-0.39, 0.29) is 17.5 Å². The van der Waals surface area contributed by atoms with Gasteiger partial charge in [-0.15, -0.1) is 0 Å². The second-order valence-electron chi connectivity index (χ2n) is 7.57. The maximum absolute atomic E-state index is 12.6. The highest BCUT2D eigenvalue weighted by Crippen LogP contribution is 2.30. The van der Waals surface area contributed by atoms with Crippen LogP contribution >= 0.6 is 11.6 Å². The minimum Gasteiger partial charge on any atom is -0.367 e. The fourth-order valence-corrected chi connectivity index (χ4v) is 3.99. The van der Waals surface area contributed by atoms with Gasteiger partial charge >= 0.3 is 0 Å². The topological polar surface area (TPSA) is 95.8 Å². The third-order valence-electron chi connectivity index (χ3n) is 5.47. The van der Waals surface area contributed by atoms with Crippen molar-refractivity contribution in [2.24, 2.45) is 0 Å². The molecule has 1 fully saturated rings. The first-order valence-corrected chi connectivity index (χ1v) is 10.7. The van der Waals surface area contributed by atoms with E-state index >= 15 is 0 Å². The first kappa shape index (κ1) is 22.3. The molecule has 0 spiro atoms. The van der Waals surface area contributed by atoms with E-state index in [9.17, 15) is 19.7 Å². The molecule has 0 aliphatic carbocycles. The minimum atomic E-state index is -0.516. The molecule has 33 heavy (non-hydrogen) atoms. The largest absolute Gasteiger partial charge is 0.367 e. The summed E-state index contributed by atoms with van der Waals surface area (Å²) >= 11 is 6.49. The average molecular weight is 465 g/mol. The van der Waals surface area contributed by atoms with Gasteiger partial charge in [-0.25, -0.2) is 0 Å². The molecule has 1 aliphatic rings. The van der Waals surface area contributed by atoms with Gasteiger partial charge < -0.3 is 15.1 Å². The highest BCUT2D eigenvalue weighted by atomic mass is 35.5. The monoisotopic (exact) mass is 464 g/mol. The Bertz CT molecular complexity index is 1180. The minimum absolute atomic E-state index is 0.0191. The molecule has 9 heteroatoms. The molecular formula is C24H21ClN4O4. The van der Waals surface area contributed by atoms with Gasteiger partial charge in [0, 0.05) is 55.1 Å². The number of non-ortho nitro benzene ring substituents is 1. The van der Waals surface area contributed by atoms with Crippen LogP contribution in [0.2, 0.25) is 5.02 Å². The van der Waals surface area contributed by atoms with E-state index in [1.165, 1.54) is 24.3 Å². The zero-order valence-corrected chi connectivity index (χ0v) is 18.4. The zero-order chi connectivity index (χ0) is 23.4. The van der Waals surface area contributed by atoms with Crippen LogP contribution in [0.15, 0.2) is 72.8 Å². The van der Waals surface area contributed by atoms with E-state index < -0.39 is 4.92 Å². The van der Waals surface area contributed by atoms with Crippen molar-refractivity contribution in [1.29, 1.82) is 0 Å². The van der Waals surface area contributed by atoms with E-state index in [1.807, 2.05) is 41.3 Å². The Balaban J connectivity index is 1.37. The fraction of sp³-hybridized carbons (Fsp3) is 0.167. The van der Waals surface area contributed by atoms with Gasteiger partial charge in [0.05, 0.1) is 15.6 Å². The van der Waals surface area contributed by atoms with E-state index in [0.717, 1.165) is 5.69 Å². The van der Waals surface area contributed by atoms with Crippen molar-refractivity contribution in [3.63, 3.8) is 0 Å². The number of halogens is 1. The summed E-state index contributed by atoms with van der Waals surface area (Å²) in [5.41, 5.74) is 2.25. The average Bonchev–Trinajstić information content (AvgIpc) is 2.84. The van der Waals surface area contributed by atoms with E-state index in [1.54, 1.807) is 12.1 Å². The van der Waals surface area contributed by atoms with Crippen molar-refractivity contribution in [1.82, 2.24) is 4.90 Å². The first-order valence-electron chi connectivity index (χ1n) is 10.4. The number of nitrogens with one attached hydrogen (secondary N) is 1. The number of amides is 2. The Morgan fingerprint density at radius 3 is 2.15 bits per heavy atom. The van der Waals surface area contributed by atoms with Crippen LogP contribution in [0.25, 0.3) is 0 Å². The van der Waals surface area contributed by atoms with Crippen molar-refractivity contribution in [2.45, 2.75) is 0 Å². The molecule has 1 heterocycles. The number of nitrogens with zero attached hydrogens (tertiary/aromatic N) is 3. The smallest absolute Gasteiger partial charge is 0.269 e. The number of hydrogen-bond donors (Lipinski definition) is 1. The van der Waals surface area contributed by atoms with Gasteiger partial charge in [-0.05, 0) is 42.5 Å². The number of benzene rings is 3. The Hall–Kier alpha value is -3.91. The molecule has 0 unspecified atom stereocenters. The molecule has 1 aliphatic heterocycles. The number of nitro groups is 1. The Morgan fingerprint density at radius 2 is 1.55 bits per heavy atom. The van der Waals surface area contributed by atoms with E-state index in [4.69, 9.17) is 11.6 Å². The lowest BCUT2D eigenvalue weighted by molar-refractivity contribution is -0.384. The van der Waals surface area contributed by atoms with Gasteiger partial charge in [-0.1, -0.05) is 29.8 Å². The lowest BCUT2D eigenvalue weighted by Crippen LogP contribution is -2.48. The molecule has 3 aromatic rings. The van der Waals surface area contributed by atoms with Crippen molar-refractivity contribution in [3.8, 4) is 0 Å². The molecule has 3 aromatic carbocycles. The van der Waals surface area contributed by atoms with Crippen molar-refractivity contribution in [3.05, 3.63) is 99.1 Å². The summed E-state index contributed by atoms with van der Waals surface area (Å²) in [7, 11) is 0. The summed E-state index contributed by atoms with van der Waals surface area (Å²) in [4.78, 5) is 39.3. The Kier molecular flexibility index (Phi) is 6.55. The highest BCUT2D eigenvalue weighted by molar-refractivity contribution is 6.33. The van der Waals surface area contributed by atoms with Gasteiger partial charge in [0.25, 0.3) is 17.5 Å². The number of carbonyl (C=O) groups excluding carboxylic acids is 2. The number of hydrogen-bond acceptors (Lipinski definition) is 5. The third-order valence-corrected chi connectivity index (χ3v) is 5.78. The number of piperazine rings is 1. The van der Waals surface area contributed by atoms with Crippen molar-refractivity contribution in [2.75, 3.05) is 36.4 Å². The van der Waals surface area contributed by atoms with Gasteiger partial charge in [0.2, 0.25) is 0 Å². The van der Waals surface area contributed by atoms with E-state index in [2.05, 4.69) is 10.2 Å². The zero-order valence-electron chi connectivity index (χ0n) is 17.6. The van der Waals surface area contributed by atoms with Crippen LogP contribution in [-0.4, -0.2) is 47.8 Å². The number of carbonyl (C=O) groups is 2. The van der Waals surface area contributed by atoms with Crippen LogP contribution in [0.1, 0.15) is 20.7 Å². The predicted octanol–water partition coefficient (Wildman–Crippen LogP) is 4.46. The molecule has 0 bridgehead atoms. The number of rotatable bonds is 5. The van der Waals surface area contributed by atoms with Crippen LogP contribution in [0, 0.1) is 10.1 Å². The van der Waals surface area contributed by atoms with Gasteiger partial charge in [-0.3, -0.25) is 19.7 Å². The predicted molar refractivity (Wildman–Crippen MR) is 127 cm³/mol. The van der Waals surface area contributed by atoms with Crippen molar-refractivity contribution < 1.29 is 14.5 Å². The molecule has 2 amide bonds. The maximum atomic E-state index is 12.6. The van der Waals surface area contributed by atoms with Gasteiger partial charge in [0.1, 0.15) is 0 Å². The molecular weight excluding hydrogens is 444 g/mol. The molecule has 0 radical (unpaired) electrons. The second kappa shape index (κ2) is 9.70. The summed E-state index contributed by atoms with van der Waals surface area (Å²) < 4.78 is 0. The van der Waals surface area contributed by atoms with Gasteiger partial charge in [0.15, 0.2) is 0 Å². The van der Waals surface area contributed by atoms with E-state index in [0.29, 0.717) is 48.0 Å². The molecule has 0 saturated carbocycles. The summed E-state index contributed by atoms with van der Waals surface area (Å²) in [6, 6.07) is 19.9. The summed E-state index contributed by atoms with van der Waals surface area (Å²) in [6.45, 7) is 2.46.